The number of nitrogens with one attached hydrogen (secondary N) is 1. The molecule has 1 aliphatic heterocycles. The molecule has 1 amide bonds. The van der Waals surface area contributed by atoms with Gasteiger partial charge in [0.1, 0.15) is 0 Å². The van der Waals surface area contributed by atoms with E-state index in [1.54, 1.807) is 13.8 Å². The molecular weight excluding hydrogens is 251 g/mol. The molecule has 2 saturated carbocycles. The molecule has 1 heterocycles. The standard InChI is InChI=1S/C13H19FN2OS/c1-7(2)13(14)11(17)16-12(18-13)15-10-6-8-3-4-9(10)5-8/h7-10H,3-6H2,1-2H3,(H,15,16,17)/t8-,9?,10+,13?/m1/s1. The van der Waals surface area contributed by atoms with Crippen LogP contribution in [0.25, 0.3) is 0 Å². The van der Waals surface area contributed by atoms with Gasteiger partial charge in [-0.1, -0.05) is 20.3 Å². The Morgan fingerprint density at radius 1 is 1.44 bits per heavy atom. The highest BCUT2D eigenvalue weighted by molar-refractivity contribution is 8.16. The fraction of sp³-hybridized carbons (Fsp3) is 0.846. The highest BCUT2D eigenvalue weighted by Gasteiger charge is 2.50. The maximum absolute atomic E-state index is 14.4. The smallest absolute Gasteiger partial charge is 0.274 e. The van der Waals surface area contributed by atoms with E-state index in [1.807, 2.05) is 0 Å². The molecule has 1 N–H and O–H groups in total. The molecule has 2 aliphatic carbocycles. The quantitative estimate of drug-likeness (QED) is 0.838. The van der Waals surface area contributed by atoms with E-state index in [0.717, 1.165) is 24.1 Å². The molecule has 3 aliphatic rings. The summed E-state index contributed by atoms with van der Waals surface area (Å²) in [5.41, 5.74) is 0. The van der Waals surface area contributed by atoms with Crippen LogP contribution in [0.5, 0.6) is 0 Å². The van der Waals surface area contributed by atoms with Crippen LogP contribution in [-0.2, 0) is 4.79 Å². The van der Waals surface area contributed by atoms with Gasteiger partial charge >= 0.3 is 0 Å². The van der Waals surface area contributed by atoms with Crippen LogP contribution in [0.3, 0.4) is 0 Å². The molecule has 1 saturated heterocycles. The minimum absolute atomic E-state index is 0.307. The van der Waals surface area contributed by atoms with Crippen LogP contribution in [0.1, 0.15) is 39.5 Å². The lowest BCUT2D eigenvalue weighted by atomic mass is 9.96. The van der Waals surface area contributed by atoms with Crippen LogP contribution < -0.4 is 5.32 Å². The van der Waals surface area contributed by atoms with Crippen LogP contribution in [0.2, 0.25) is 0 Å². The van der Waals surface area contributed by atoms with Crippen molar-refractivity contribution in [3.05, 3.63) is 0 Å². The molecule has 0 aromatic heterocycles. The van der Waals surface area contributed by atoms with Crippen molar-refractivity contribution in [3.8, 4) is 0 Å². The topological polar surface area (TPSA) is 41.5 Å². The monoisotopic (exact) mass is 270 g/mol. The molecule has 0 spiro atoms. The minimum Gasteiger partial charge on any atom is -0.302 e. The first-order chi connectivity index (χ1) is 8.49. The molecular formula is C13H19FN2OS. The van der Waals surface area contributed by atoms with Gasteiger partial charge in [-0.05, 0) is 42.9 Å². The fourth-order valence-electron chi connectivity index (χ4n) is 3.35. The predicted molar refractivity (Wildman–Crippen MR) is 71.1 cm³/mol. The summed E-state index contributed by atoms with van der Waals surface area (Å²) in [6.45, 7) is 3.46. The van der Waals surface area contributed by atoms with E-state index in [0.29, 0.717) is 17.1 Å². The Kier molecular flexibility index (Phi) is 2.92. The maximum atomic E-state index is 14.4. The molecule has 3 fully saturated rings. The zero-order valence-electron chi connectivity index (χ0n) is 10.8. The third-order valence-corrected chi connectivity index (χ3v) is 5.86. The van der Waals surface area contributed by atoms with Gasteiger partial charge in [0.25, 0.3) is 5.91 Å². The Bertz CT molecular complexity index is 412. The minimum atomic E-state index is -1.84. The average Bonchev–Trinajstić information content (AvgIpc) is 2.95. The number of nitrogens with zero attached hydrogens (tertiary/aromatic N) is 1. The third kappa shape index (κ3) is 1.87. The van der Waals surface area contributed by atoms with E-state index in [1.165, 1.54) is 19.3 Å². The van der Waals surface area contributed by atoms with Gasteiger partial charge in [-0.25, -0.2) is 4.39 Å². The van der Waals surface area contributed by atoms with Crippen LogP contribution in [-0.4, -0.2) is 22.1 Å². The van der Waals surface area contributed by atoms with E-state index in [9.17, 15) is 9.18 Å². The molecule has 5 heteroatoms. The van der Waals surface area contributed by atoms with Crippen molar-refractivity contribution < 1.29 is 9.18 Å². The molecule has 2 bridgehead atoms. The van der Waals surface area contributed by atoms with E-state index in [-0.39, 0.29) is 5.92 Å². The van der Waals surface area contributed by atoms with Gasteiger partial charge in [0.15, 0.2) is 5.17 Å². The molecule has 0 aromatic carbocycles. The highest BCUT2D eigenvalue weighted by atomic mass is 32.2. The second kappa shape index (κ2) is 4.22. The fourth-order valence-corrected chi connectivity index (χ4v) is 4.35. The van der Waals surface area contributed by atoms with E-state index < -0.39 is 10.9 Å². The van der Waals surface area contributed by atoms with E-state index in [2.05, 4.69) is 10.3 Å². The number of hydrogen-bond donors (Lipinski definition) is 1. The van der Waals surface area contributed by atoms with Crippen molar-refractivity contribution in [1.82, 2.24) is 5.32 Å². The van der Waals surface area contributed by atoms with E-state index >= 15 is 0 Å². The Balaban J connectivity index is 1.74. The molecule has 3 nitrogen and oxygen atoms in total. The molecule has 18 heavy (non-hydrogen) atoms. The lowest BCUT2D eigenvalue weighted by molar-refractivity contribution is -0.127. The van der Waals surface area contributed by atoms with Crippen LogP contribution in [0, 0.1) is 17.8 Å². The Morgan fingerprint density at radius 3 is 2.72 bits per heavy atom. The lowest BCUT2D eigenvalue weighted by Gasteiger charge is -2.19. The number of rotatable bonds is 2. The average molecular weight is 270 g/mol. The summed E-state index contributed by atoms with van der Waals surface area (Å²) < 4.78 is 14.4. The van der Waals surface area contributed by atoms with Gasteiger partial charge < -0.3 is 5.32 Å². The summed E-state index contributed by atoms with van der Waals surface area (Å²) in [6, 6.07) is 0.307. The number of amides is 1. The van der Waals surface area contributed by atoms with Gasteiger partial charge in [0.2, 0.25) is 5.00 Å². The van der Waals surface area contributed by atoms with Gasteiger partial charge in [-0.2, -0.15) is 0 Å². The zero-order valence-corrected chi connectivity index (χ0v) is 11.6. The number of thioether (sulfide) groups is 1. The number of carbonyl (C=O) groups excluding carboxylic acids is 1. The third-order valence-electron chi connectivity index (χ3n) is 4.50. The second-order valence-electron chi connectivity index (χ2n) is 6.03. The Morgan fingerprint density at radius 2 is 2.22 bits per heavy atom. The van der Waals surface area contributed by atoms with Crippen molar-refractivity contribution in [2.45, 2.75) is 50.6 Å². The maximum Gasteiger partial charge on any atom is 0.274 e. The van der Waals surface area contributed by atoms with Crippen molar-refractivity contribution >= 4 is 22.8 Å². The summed E-state index contributed by atoms with van der Waals surface area (Å²) >= 11 is 0.966. The SMILES string of the molecule is CC(C)C1(F)SC(=N[C@H]2C[C@@H]3CCC2C3)NC1=O. The second-order valence-corrected chi connectivity index (χ2v) is 7.22. The Labute approximate surface area is 111 Å². The number of aliphatic imine (C=N–C) groups is 1. The highest BCUT2D eigenvalue weighted by Crippen LogP contribution is 2.47. The first kappa shape index (κ1) is 12.5. The predicted octanol–water partition coefficient (Wildman–Crippen LogP) is 2.72. The molecule has 3 rings (SSSR count). The summed E-state index contributed by atoms with van der Waals surface area (Å²) in [4.78, 5) is 16.3. The van der Waals surface area contributed by atoms with Crippen molar-refractivity contribution in [2.75, 3.05) is 0 Å². The molecule has 0 aromatic rings. The van der Waals surface area contributed by atoms with Gasteiger partial charge in [0, 0.05) is 5.92 Å². The summed E-state index contributed by atoms with van der Waals surface area (Å²) in [7, 11) is 0. The van der Waals surface area contributed by atoms with Crippen molar-refractivity contribution in [3.63, 3.8) is 0 Å². The van der Waals surface area contributed by atoms with Crippen LogP contribution >= 0.6 is 11.8 Å². The van der Waals surface area contributed by atoms with Gasteiger partial charge in [0.05, 0.1) is 6.04 Å². The summed E-state index contributed by atoms with van der Waals surface area (Å²) in [5, 5.41) is 1.27. The number of alkyl halides is 1. The largest absolute Gasteiger partial charge is 0.302 e. The number of halogens is 1. The van der Waals surface area contributed by atoms with Crippen LogP contribution in [0.4, 0.5) is 4.39 Å². The molecule has 100 valence electrons. The molecule has 4 atom stereocenters. The van der Waals surface area contributed by atoms with Crippen LogP contribution in [0.15, 0.2) is 4.99 Å². The number of carbonyl (C=O) groups is 1. The number of fused-ring (bicyclic) bond motifs is 2. The normalized spacial score (nSPS) is 45.2. The number of amidine groups is 1. The van der Waals surface area contributed by atoms with E-state index in [4.69, 9.17) is 0 Å². The lowest BCUT2D eigenvalue weighted by Crippen LogP contribution is -2.37. The van der Waals surface area contributed by atoms with Crippen molar-refractivity contribution in [2.24, 2.45) is 22.7 Å². The first-order valence-corrected chi connectivity index (χ1v) is 7.58. The zero-order chi connectivity index (χ0) is 12.9. The first-order valence-electron chi connectivity index (χ1n) is 6.76. The Hall–Kier alpha value is -0.580. The molecule has 2 unspecified atom stereocenters. The molecule has 0 radical (unpaired) electrons. The summed E-state index contributed by atoms with van der Waals surface area (Å²) in [6.07, 6.45) is 4.96. The van der Waals surface area contributed by atoms with Crippen molar-refractivity contribution in [1.29, 1.82) is 0 Å². The van der Waals surface area contributed by atoms with Gasteiger partial charge in [-0.15, -0.1) is 0 Å². The number of hydrogen-bond acceptors (Lipinski definition) is 3. The summed E-state index contributed by atoms with van der Waals surface area (Å²) in [5.74, 6) is 0.597. The van der Waals surface area contributed by atoms with Gasteiger partial charge in [-0.3, -0.25) is 9.79 Å².